The number of aliphatic hydroxyl groups excluding tert-OH is 1. The molecule has 0 atom stereocenters. The summed E-state index contributed by atoms with van der Waals surface area (Å²) in [5.41, 5.74) is 2.42. The number of aliphatic hydroxyl groups is 1. The van der Waals surface area contributed by atoms with Crippen LogP contribution in [0.2, 0.25) is 0 Å². The number of hydrogen-bond acceptors (Lipinski definition) is 4. The van der Waals surface area contributed by atoms with E-state index in [9.17, 15) is 9.90 Å². The Hall–Kier alpha value is -2.26. The molecule has 5 nitrogen and oxygen atoms in total. The minimum Gasteiger partial charge on any atom is -0.475 e. The Labute approximate surface area is 92.9 Å². The molecule has 1 heterocycles. The molecule has 84 valence electrons. The molecule has 0 saturated carbocycles. The maximum atomic E-state index is 11.4. The summed E-state index contributed by atoms with van der Waals surface area (Å²) >= 11 is 0. The predicted molar refractivity (Wildman–Crippen MR) is 55.0 cm³/mol. The van der Waals surface area contributed by atoms with E-state index < -0.39 is 11.9 Å². The molecule has 1 rings (SSSR count). The fourth-order valence-electron chi connectivity index (χ4n) is 1.02. The van der Waals surface area contributed by atoms with E-state index in [0.29, 0.717) is 0 Å². The van der Waals surface area contributed by atoms with Gasteiger partial charge in [0.15, 0.2) is 12.4 Å². The zero-order chi connectivity index (χ0) is 12.0. The predicted octanol–water partition coefficient (Wildman–Crippen LogP) is 0.633. The molecule has 16 heavy (non-hydrogen) atoms. The fourth-order valence-corrected chi connectivity index (χ4v) is 1.02. The summed E-state index contributed by atoms with van der Waals surface area (Å²) in [6.07, 6.45) is 3.25. The highest BCUT2D eigenvalue weighted by atomic mass is 16.6. The molecule has 1 N–H and O–H groups in total. The maximum absolute atomic E-state index is 11.4. The molecule has 1 aromatic rings. The lowest BCUT2D eigenvalue weighted by molar-refractivity contribution is -0.578. The van der Waals surface area contributed by atoms with E-state index in [1.807, 2.05) is 0 Å². The van der Waals surface area contributed by atoms with Crippen LogP contribution in [0.25, 0.3) is 5.70 Å². The van der Waals surface area contributed by atoms with E-state index in [-0.39, 0.29) is 5.70 Å². The van der Waals surface area contributed by atoms with Gasteiger partial charge in [-0.1, -0.05) is 6.07 Å². The number of rotatable bonds is 3. The monoisotopic (exact) mass is 222 g/mol. The summed E-state index contributed by atoms with van der Waals surface area (Å²) in [4.78, 5) is 11.4. The molecular formula is C11H12NO4+. The van der Waals surface area contributed by atoms with Gasteiger partial charge in [-0.15, -0.1) is 0 Å². The first-order valence-corrected chi connectivity index (χ1v) is 4.48. The Bertz CT molecular complexity index is 433. The lowest BCUT2D eigenvalue weighted by atomic mass is 10.4. The lowest BCUT2D eigenvalue weighted by Gasteiger charge is -1.97. The fraction of sp³-hybridized carbons (Fsp3) is 0.182. The van der Waals surface area contributed by atoms with Crippen molar-refractivity contribution in [3.63, 3.8) is 0 Å². The van der Waals surface area contributed by atoms with Crippen LogP contribution in [0.5, 0.6) is 0 Å². The number of esters is 1. The molecule has 0 aromatic carbocycles. The van der Waals surface area contributed by atoms with Gasteiger partial charge in [-0.2, -0.15) is 4.57 Å². The van der Waals surface area contributed by atoms with Crippen molar-refractivity contribution in [2.75, 3.05) is 14.2 Å². The smallest absolute Gasteiger partial charge is 0.413 e. The second kappa shape index (κ2) is 5.58. The molecule has 0 saturated heterocycles. The SMILES string of the molecule is COC(=O)C(=C=C(O)OC)[n+]1ccccc1. The van der Waals surface area contributed by atoms with Gasteiger partial charge in [0.2, 0.25) is 0 Å². The highest BCUT2D eigenvalue weighted by Gasteiger charge is 2.20. The van der Waals surface area contributed by atoms with E-state index in [1.54, 1.807) is 30.6 Å². The molecule has 0 fully saturated rings. The molecule has 5 heteroatoms. The van der Waals surface area contributed by atoms with E-state index in [2.05, 4.69) is 15.2 Å². The third-order valence-electron chi connectivity index (χ3n) is 1.77. The average molecular weight is 222 g/mol. The molecule has 1 aromatic heterocycles. The summed E-state index contributed by atoms with van der Waals surface area (Å²) in [5, 5.41) is 9.18. The number of methoxy groups -OCH3 is 2. The topological polar surface area (TPSA) is 59.6 Å². The number of ether oxygens (including phenoxy) is 2. The van der Waals surface area contributed by atoms with Crippen molar-refractivity contribution in [3.8, 4) is 0 Å². The van der Waals surface area contributed by atoms with Gasteiger partial charge in [0.05, 0.1) is 20.0 Å². The van der Waals surface area contributed by atoms with E-state index in [0.717, 1.165) is 0 Å². The van der Waals surface area contributed by atoms with E-state index >= 15 is 0 Å². The Morgan fingerprint density at radius 2 is 1.81 bits per heavy atom. The molecule has 0 unspecified atom stereocenters. The van der Waals surface area contributed by atoms with Gasteiger partial charge < -0.3 is 14.6 Å². The van der Waals surface area contributed by atoms with Crippen LogP contribution < -0.4 is 4.57 Å². The van der Waals surface area contributed by atoms with Gasteiger partial charge in [0, 0.05) is 12.1 Å². The van der Waals surface area contributed by atoms with Crippen molar-refractivity contribution in [3.05, 3.63) is 42.3 Å². The van der Waals surface area contributed by atoms with Crippen molar-refractivity contribution in [2.45, 2.75) is 0 Å². The quantitative estimate of drug-likeness (QED) is 0.268. The third-order valence-corrected chi connectivity index (χ3v) is 1.77. The van der Waals surface area contributed by atoms with E-state index in [4.69, 9.17) is 0 Å². The van der Waals surface area contributed by atoms with Crippen LogP contribution in [-0.4, -0.2) is 25.3 Å². The highest BCUT2D eigenvalue weighted by Crippen LogP contribution is 1.97. The van der Waals surface area contributed by atoms with Gasteiger partial charge in [-0.25, -0.2) is 4.79 Å². The maximum Gasteiger partial charge on any atom is 0.413 e. The zero-order valence-corrected chi connectivity index (χ0v) is 9.01. The molecule has 0 aliphatic heterocycles. The molecule has 0 bridgehead atoms. The Kier molecular flexibility index (Phi) is 4.12. The number of hydrogen-bond donors (Lipinski definition) is 1. The van der Waals surface area contributed by atoms with Crippen LogP contribution >= 0.6 is 0 Å². The van der Waals surface area contributed by atoms with Crippen molar-refractivity contribution in [1.82, 2.24) is 0 Å². The van der Waals surface area contributed by atoms with Gasteiger partial charge in [0.1, 0.15) is 0 Å². The Morgan fingerprint density at radius 3 is 2.31 bits per heavy atom. The van der Waals surface area contributed by atoms with Crippen molar-refractivity contribution in [1.29, 1.82) is 0 Å². The Balaban J connectivity index is 3.28. The summed E-state index contributed by atoms with van der Waals surface area (Å²) in [6, 6.07) is 5.26. The van der Waals surface area contributed by atoms with Crippen LogP contribution in [0.4, 0.5) is 0 Å². The number of nitrogens with zero attached hydrogens (tertiary/aromatic N) is 1. The first-order chi connectivity index (χ1) is 7.69. The molecule has 0 amide bonds. The van der Waals surface area contributed by atoms with Crippen molar-refractivity contribution in [2.24, 2.45) is 0 Å². The summed E-state index contributed by atoms with van der Waals surface area (Å²) < 4.78 is 10.5. The third kappa shape index (κ3) is 2.87. The average Bonchev–Trinajstić information content (AvgIpc) is 2.35. The molecule has 0 aliphatic rings. The van der Waals surface area contributed by atoms with Crippen LogP contribution in [0.15, 0.2) is 42.3 Å². The normalized spacial score (nSPS) is 8.88. The molecule has 0 radical (unpaired) electrons. The first-order valence-electron chi connectivity index (χ1n) is 4.48. The molecule has 0 aliphatic carbocycles. The highest BCUT2D eigenvalue weighted by molar-refractivity contribution is 6.05. The summed E-state index contributed by atoms with van der Waals surface area (Å²) in [7, 11) is 2.52. The summed E-state index contributed by atoms with van der Waals surface area (Å²) in [6.45, 7) is 0. The number of aromatic nitrogens is 1. The van der Waals surface area contributed by atoms with E-state index in [1.165, 1.54) is 18.8 Å². The second-order valence-corrected chi connectivity index (χ2v) is 2.76. The van der Waals surface area contributed by atoms with Crippen LogP contribution in [0.1, 0.15) is 0 Å². The lowest BCUT2D eigenvalue weighted by Crippen LogP contribution is -2.35. The number of carbonyl (C=O) groups excluding carboxylic acids is 1. The largest absolute Gasteiger partial charge is 0.475 e. The standard InChI is InChI=1S/C11H11NO4/c1-15-10(13)8-9(11(14)16-2)12-6-4-3-5-7-12/h3-7H,1-2H3/p+1. The minimum atomic E-state index is -0.625. The van der Waals surface area contributed by atoms with Crippen molar-refractivity contribution < 1.29 is 23.9 Å². The van der Waals surface area contributed by atoms with Crippen molar-refractivity contribution >= 4 is 11.7 Å². The van der Waals surface area contributed by atoms with Crippen LogP contribution in [0, 0.1) is 0 Å². The zero-order valence-electron chi connectivity index (χ0n) is 9.01. The Morgan fingerprint density at radius 1 is 1.19 bits per heavy atom. The first kappa shape index (κ1) is 11.8. The van der Waals surface area contributed by atoms with Gasteiger partial charge in [-0.3, -0.25) is 0 Å². The second-order valence-electron chi connectivity index (χ2n) is 2.76. The summed E-state index contributed by atoms with van der Waals surface area (Å²) in [5.74, 6) is -1.11. The number of carbonyl (C=O) groups is 1. The number of pyridine rings is 1. The van der Waals surface area contributed by atoms with Gasteiger partial charge >= 0.3 is 17.6 Å². The van der Waals surface area contributed by atoms with Gasteiger partial charge in [-0.05, 0) is 0 Å². The molecular weight excluding hydrogens is 210 g/mol. The molecule has 0 spiro atoms. The van der Waals surface area contributed by atoms with Crippen LogP contribution in [0.3, 0.4) is 0 Å². The van der Waals surface area contributed by atoms with Gasteiger partial charge in [0.25, 0.3) is 0 Å². The van der Waals surface area contributed by atoms with Crippen LogP contribution in [-0.2, 0) is 14.3 Å². The minimum absolute atomic E-state index is 0.0300.